The Labute approximate surface area is 102 Å². The molecular weight excluding hydrogens is 276 g/mol. The molecule has 0 aliphatic carbocycles. The van der Waals surface area contributed by atoms with Gasteiger partial charge < -0.3 is 14.6 Å². The monoisotopic (exact) mass is 286 g/mol. The zero-order chi connectivity index (χ0) is 12.1. The Bertz CT molecular complexity index is 426. The standard InChI is InChI=1S/C11H11BrO4/c1-15-7-5-9(12)8(3-4-11(13)14)10(6-7)16-2/h3-6H,1-2H3,(H,13,14). The van der Waals surface area contributed by atoms with E-state index in [0.29, 0.717) is 21.5 Å². The number of halogens is 1. The topological polar surface area (TPSA) is 55.8 Å². The second-order valence-corrected chi connectivity index (χ2v) is 3.75. The Morgan fingerprint density at radius 3 is 2.56 bits per heavy atom. The van der Waals surface area contributed by atoms with Crippen molar-refractivity contribution in [3.8, 4) is 11.5 Å². The van der Waals surface area contributed by atoms with Crippen LogP contribution in [0, 0.1) is 0 Å². The van der Waals surface area contributed by atoms with Gasteiger partial charge in [-0.15, -0.1) is 0 Å². The largest absolute Gasteiger partial charge is 0.497 e. The van der Waals surface area contributed by atoms with Gasteiger partial charge >= 0.3 is 5.97 Å². The fourth-order valence-corrected chi connectivity index (χ4v) is 1.73. The molecule has 0 fully saturated rings. The lowest BCUT2D eigenvalue weighted by molar-refractivity contribution is -0.131. The summed E-state index contributed by atoms with van der Waals surface area (Å²) in [4.78, 5) is 10.4. The van der Waals surface area contributed by atoms with Gasteiger partial charge in [0, 0.05) is 22.2 Å². The van der Waals surface area contributed by atoms with E-state index >= 15 is 0 Å². The Hall–Kier alpha value is -1.49. The van der Waals surface area contributed by atoms with E-state index in [4.69, 9.17) is 14.6 Å². The molecule has 0 aliphatic heterocycles. The highest BCUT2D eigenvalue weighted by molar-refractivity contribution is 9.10. The van der Waals surface area contributed by atoms with Crippen molar-refractivity contribution in [3.63, 3.8) is 0 Å². The number of ether oxygens (including phenoxy) is 2. The number of carbonyl (C=O) groups is 1. The minimum atomic E-state index is -1.01. The molecule has 4 nitrogen and oxygen atoms in total. The van der Waals surface area contributed by atoms with E-state index in [2.05, 4.69) is 15.9 Å². The number of methoxy groups -OCH3 is 2. The van der Waals surface area contributed by atoms with E-state index in [-0.39, 0.29) is 0 Å². The minimum absolute atomic E-state index is 0.545. The average molecular weight is 287 g/mol. The Morgan fingerprint density at radius 2 is 2.06 bits per heavy atom. The molecule has 0 atom stereocenters. The minimum Gasteiger partial charge on any atom is -0.497 e. The van der Waals surface area contributed by atoms with Crippen LogP contribution in [0.15, 0.2) is 22.7 Å². The van der Waals surface area contributed by atoms with Gasteiger partial charge in [-0.25, -0.2) is 4.79 Å². The number of rotatable bonds is 4. The summed E-state index contributed by atoms with van der Waals surface area (Å²) < 4.78 is 10.9. The van der Waals surface area contributed by atoms with Gasteiger partial charge in [-0.3, -0.25) is 0 Å². The van der Waals surface area contributed by atoms with Gasteiger partial charge in [-0.1, -0.05) is 0 Å². The van der Waals surface area contributed by atoms with Crippen molar-refractivity contribution in [3.05, 3.63) is 28.2 Å². The van der Waals surface area contributed by atoms with E-state index in [1.54, 1.807) is 19.2 Å². The number of benzene rings is 1. The SMILES string of the molecule is COc1cc(Br)c(C=CC(=O)O)c(OC)c1. The average Bonchev–Trinajstić information content (AvgIpc) is 2.26. The van der Waals surface area contributed by atoms with Crippen molar-refractivity contribution in [2.75, 3.05) is 14.2 Å². The zero-order valence-electron chi connectivity index (χ0n) is 8.86. The Balaban J connectivity index is 3.21. The summed E-state index contributed by atoms with van der Waals surface area (Å²) in [5, 5.41) is 8.56. The lowest BCUT2D eigenvalue weighted by Gasteiger charge is -2.09. The smallest absolute Gasteiger partial charge is 0.328 e. The van der Waals surface area contributed by atoms with Crippen molar-refractivity contribution in [2.45, 2.75) is 0 Å². The fraction of sp³-hybridized carbons (Fsp3) is 0.182. The molecule has 0 spiro atoms. The number of hydrogen-bond acceptors (Lipinski definition) is 3. The Kier molecular flexibility index (Phi) is 4.37. The maximum absolute atomic E-state index is 10.4. The van der Waals surface area contributed by atoms with Crippen LogP contribution in [0.2, 0.25) is 0 Å². The lowest BCUT2D eigenvalue weighted by atomic mass is 10.1. The second-order valence-electron chi connectivity index (χ2n) is 2.90. The number of aliphatic carboxylic acids is 1. The summed E-state index contributed by atoms with van der Waals surface area (Å²) in [5.74, 6) is 0.171. The first-order valence-electron chi connectivity index (χ1n) is 4.41. The summed E-state index contributed by atoms with van der Waals surface area (Å²) >= 11 is 3.33. The molecule has 1 rings (SSSR count). The highest BCUT2D eigenvalue weighted by atomic mass is 79.9. The molecule has 0 amide bonds. The van der Waals surface area contributed by atoms with Crippen LogP contribution in [-0.4, -0.2) is 25.3 Å². The molecule has 0 radical (unpaired) electrons. The summed E-state index contributed by atoms with van der Waals surface area (Å²) in [5.41, 5.74) is 0.658. The summed E-state index contributed by atoms with van der Waals surface area (Å²) in [6, 6.07) is 3.43. The molecular formula is C11H11BrO4. The highest BCUT2D eigenvalue weighted by Gasteiger charge is 2.08. The van der Waals surface area contributed by atoms with E-state index < -0.39 is 5.97 Å². The Morgan fingerprint density at radius 1 is 1.38 bits per heavy atom. The van der Waals surface area contributed by atoms with E-state index in [1.807, 2.05) is 0 Å². The summed E-state index contributed by atoms with van der Waals surface area (Å²) in [7, 11) is 3.06. The van der Waals surface area contributed by atoms with E-state index in [0.717, 1.165) is 6.08 Å². The van der Waals surface area contributed by atoms with Crippen LogP contribution in [0.1, 0.15) is 5.56 Å². The van der Waals surface area contributed by atoms with Crippen LogP contribution in [-0.2, 0) is 4.79 Å². The molecule has 5 heteroatoms. The third-order valence-corrected chi connectivity index (χ3v) is 2.57. The van der Waals surface area contributed by atoms with Gasteiger partial charge in [-0.05, 0) is 28.1 Å². The molecule has 0 saturated heterocycles. The molecule has 1 aromatic carbocycles. The number of carboxylic acids is 1. The normalized spacial score (nSPS) is 10.4. The first kappa shape index (κ1) is 12.6. The van der Waals surface area contributed by atoms with Gasteiger partial charge in [0.25, 0.3) is 0 Å². The first-order valence-corrected chi connectivity index (χ1v) is 5.20. The van der Waals surface area contributed by atoms with Crippen molar-refractivity contribution < 1.29 is 19.4 Å². The molecule has 0 aromatic heterocycles. The molecule has 0 aliphatic rings. The predicted molar refractivity (Wildman–Crippen MR) is 63.9 cm³/mol. The van der Waals surface area contributed by atoms with Crippen molar-refractivity contribution >= 4 is 28.0 Å². The maximum atomic E-state index is 10.4. The van der Waals surface area contributed by atoms with Gasteiger partial charge in [0.1, 0.15) is 11.5 Å². The second kappa shape index (κ2) is 5.55. The van der Waals surface area contributed by atoms with Crippen LogP contribution < -0.4 is 9.47 Å². The molecule has 0 heterocycles. The van der Waals surface area contributed by atoms with Gasteiger partial charge in [0.05, 0.1) is 14.2 Å². The molecule has 0 bridgehead atoms. The molecule has 86 valence electrons. The third kappa shape index (κ3) is 3.00. The van der Waals surface area contributed by atoms with Crippen LogP contribution in [0.5, 0.6) is 11.5 Å². The quantitative estimate of drug-likeness (QED) is 0.865. The van der Waals surface area contributed by atoms with Crippen molar-refractivity contribution in [1.82, 2.24) is 0 Å². The third-order valence-electron chi connectivity index (χ3n) is 1.91. The predicted octanol–water partition coefficient (Wildman–Crippen LogP) is 2.56. The van der Waals surface area contributed by atoms with Crippen molar-refractivity contribution in [2.24, 2.45) is 0 Å². The van der Waals surface area contributed by atoms with Crippen LogP contribution in [0.25, 0.3) is 6.08 Å². The molecule has 1 N–H and O–H groups in total. The molecule has 1 aromatic rings. The molecule has 0 unspecified atom stereocenters. The molecule has 0 saturated carbocycles. The lowest BCUT2D eigenvalue weighted by Crippen LogP contribution is -1.92. The van der Waals surface area contributed by atoms with E-state index in [9.17, 15) is 4.79 Å². The van der Waals surface area contributed by atoms with Crippen LogP contribution in [0.3, 0.4) is 0 Å². The van der Waals surface area contributed by atoms with Crippen LogP contribution >= 0.6 is 15.9 Å². The first-order chi connectivity index (χ1) is 7.58. The zero-order valence-corrected chi connectivity index (χ0v) is 10.4. The van der Waals surface area contributed by atoms with Gasteiger partial charge in [0.2, 0.25) is 0 Å². The molecule has 16 heavy (non-hydrogen) atoms. The van der Waals surface area contributed by atoms with E-state index in [1.165, 1.54) is 13.2 Å². The summed E-state index contributed by atoms with van der Waals surface area (Å²) in [6.07, 6.45) is 2.51. The summed E-state index contributed by atoms with van der Waals surface area (Å²) in [6.45, 7) is 0. The maximum Gasteiger partial charge on any atom is 0.328 e. The van der Waals surface area contributed by atoms with Gasteiger partial charge in [-0.2, -0.15) is 0 Å². The number of hydrogen-bond donors (Lipinski definition) is 1. The van der Waals surface area contributed by atoms with Crippen molar-refractivity contribution in [1.29, 1.82) is 0 Å². The number of carboxylic acid groups (broad SMARTS) is 1. The van der Waals surface area contributed by atoms with Gasteiger partial charge in [0.15, 0.2) is 0 Å². The van der Waals surface area contributed by atoms with Crippen LogP contribution in [0.4, 0.5) is 0 Å². The fourth-order valence-electron chi connectivity index (χ4n) is 1.17. The highest BCUT2D eigenvalue weighted by Crippen LogP contribution is 2.33.